The number of anilines is 2. The van der Waals surface area contributed by atoms with E-state index >= 15 is 0 Å². The fourth-order valence-electron chi connectivity index (χ4n) is 4.20. The fraction of sp³-hybridized carbons (Fsp3) is 0.429. The first kappa shape index (κ1) is 17.8. The summed E-state index contributed by atoms with van der Waals surface area (Å²) < 4.78 is 2.14. The van der Waals surface area contributed by atoms with Gasteiger partial charge in [-0.15, -0.1) is 0 Å². The highest BCUT2D eigenvalue weighted by atomic mass is 16.2. The maximum atomic E-state index is 12.5. The topological polar surface area (TPSA) is 57.6 Å². The van der Waals surface area contributed by atoms with Gasteiger partial charge in [0.1, 0.15) is 0 Å². The first-order valence-corrected chi connectivity index (χ1v) is 9.67. The van der Waals surface area contributed by atoms with Gasteiger partial charge in [-0.25, -0.2) is 0 Å². The summed E-state index contributed by atoms with van der Waals surface area (Å²) in [6.45, 7) is 2.11. The number of likely N-dealkylation sites (tertiary alicyclic amines) is 1. The Kier molecular flexibility index (Phi) is 4.99. The van der Waals surface area contributed by atoms with Gasteiger partial charge in [-0.1, -0.05) is 0 Å². The van der Waals surface area contributed by atoms with Crippen LogP contribution in [-0.2, 0) is 16.6 Å². The van der Waals surface area contributed by atoms with Gasteiger partial charge in [0.15, 0.2) is 0 Å². The van der Waals surface area contributed by atoms with E-state index in [9.17, 15) is 9.59 Å². The molecule has 3 heterocycles. The standard InChI is InChI=1S/C21H26N4O2/c1-23-12-2-5-18(23)19-6-3-13-24(19)15-20(26)22-16-8-10-17(11-9-16)25-14-4-7-21(25)27/h2,5,8-12,19H,3-4,6-7,13-15H2,1H3,(H,22,26)/t19-/m1/s1. The molecule has 1 N–H and O–H groups in total. The van der Waals surface area contributed by atoms with Crippen molar-refractivity contribution < 1.29 is 9.59 Å². The minimum Gasteiger partial charge on any atom is -0.353 e. The van der Waals surface area contributed by atoms with E-state index in [4.69, 9.17) is 0 Å². The van der Waals surface area contributed by atoms with Crippen molar-refractivity contribution in [2.24, 2.45) is 7.05 Å². The van der Waals surface area contributed by atoms with E-state index in [-0.39, 0.29) is 11.8 Å². The quantitative estimate of drug-likeness (QED) is 0.885. The Morgan fingerprint density at radius 1 is 1.15 bits per heavy atom. The summed E-state index contributed by atoms with van der Waals surface area (Å²) in [5.41, 5.74) is 2.93. The third kappa shape index (κ3) is 3.76. The lowest BCUT2D eigenvalue weighted by Gasteiger charge is -2.24. The number of nitrogens with one attached hydrogen (secondary N) is 1. The lowest BCUT2D eigenvalue weighted by Crippen LogP contribution is -2.33. The molecule has 1 aromatic heterocycles. The molecule has 2 aliphatic heterocycles. The fourth-order valence-corrected chi connectivity index (χ4v) is 4.20. The smallest absolute Gasteiger partial charge is 0.238 e. The van der Waals surface area contributed by atoms with Crippen molar-refractivity contribution in [2.45, 2.75) is 31.7 Å². The van der Waals surface area contributed by atoms with E-state index in [0.717, 1.165) is 43.7 Å². The molecule has 0 unspecified atom stereocenters. The normalized spacial score (nSPS) is 20.4. The van der Waals surface area contributed by atoms with Gasteiger partial charge in [0, 0.05) is 43.3 Å². The third-order valence-electron chi connectivity index (χ3n) is 5.57. The molecular formula is C21H26N4O2. The molecule has 2 aliphatic rings. The van der Waals surface area contributed by atoms with Crippen LogP contribution in [0.4, 0.5) is 11.4 Å². The van der Waals surface area contributed by atoms with Gasteiger partial charge in [-0.05, 0) is 62.2 Å². The predicted octanol–water partition coefficient (Wildman–Crippen LogP) is 2.93. The van der Waals surface area contributed by atoms with Crippen LogP contribution in [0.25, 0.3) is 0 Å². The van der Waals surface area contributed by atoms with Crippen LogP contribution in [0.1, 0.15) is 37.4 Å². The molecule has 4 rings (SSSR count). The molecule has 6 nitrogen and oxygen atoms in total. The maximum Gasteiger partial charge on any atom is 0.238 e. The lowest BCUT2D eigenvalue weighted by molar-refractivity contribution is -0.118. The Hall–Kier alpha value is -2.60. The van der Waals surface area contributed by atoms with Crippen LogP contribution in [-0.4, -0.2) is 40.9 Å². The summed E-state index contributed by atoms with van der Waals surface area (Å²) >= 11 is 0. The van der Waals surface area contributed by atoms with Gasteiger partial charge < -0.3 is 14.8 Å². The van der Waals surface area contributed by atoms with Crippen LogP contribution in [0.3, 0.4) is 0 Å². The van der Waals surface area contributed by atoms with E-state index in [0.29, 0.717) is 19.0 Å². The first-order valence-electron chi connectivity index (χ1n) is 9.67. The van der Waals surface area contributed by atoms with Crippen molar-refractivity contribution in [3.8, 4) is 0 Å². The van der Waals surface area contributed by atoms with Crippen molar-refractivity contribution in [1.82, 2.24) is 9.47 Å². The summed E-state index contributed by atoms with van der Waals surface area (Å²) in [5, 5.41) is 2.99. The Bertz CT molecular complexity index is 827. The summed E-state index contributed by atoms with van der Waals surface area (Å²) in [6.07, 6.45) is 5.79. The van der Waals surface area contributed by atoms with Crippen molar-refractivity contribution in [2.75, 3.05) is 29.9 Å². The van der Waals surface area contributed by atoms with Crippen molar-refractivity contribution in [1.29, 1.82) is 0 Å². The van der Waals surface area contributed by atoms with Gasteiger partial charge in [0.05, 0.1) is 12.6 Å². The number of nitrogens with zero attached hydrogens (tertiary/aromatic N) is 3. The molecule has 0 aliphatic carbocycles. The number of aryl methyl sites for hydroxylation is 1. The molecule has 2 amide bonds. The summed E-state index contributed by atoms with van der Waals surface area (Å²) in [5.74, 6) is 0.175. The van der Waals surface area contributed by atoms with Crippen LogP contribution in [0.15, 0.2) is 42.6 Å². The second-order valence-electron chi connectivity index (χ2n) is 7.42. The Morgan fingerprint density at radius 3 is 2.63 bits per heavy atom. The molecule has 1 atom stereocenters. The zero-order valence-corrected chi connectivity index (χ0v) is 15.7. The number of carbonyl (C=O) groups excluding carboxylic acids is 2. The van der Waals surface area contributed by atoms with E-state index in [1.54, 1.807) is 4.90 Å². The summed E-state index contributed by atoms with van der Waals surface area (Å²) in [4.78, 5) is 28.4. The van der Waals surface area contributed by atoms with Crippen molar-refractivity contribution >= 4 is 23.2 Å². The number of hydrogen-bond donors (Lipinski definition) is 1. The van der Waals surface area contributed by atoms with Crippen LogP contribution in [0, 0.1) is 0 Å². The highest BCUT2D eigenvalue weighted by Gasteiger charge is 2.29. The molecule has 27 heavy (non-hydrogen) atoms. The van der Waals surface area contributed by atoms with Crippen molar-refractivity contribution in [3.63, 3.8) is 0 Å². The number of amides is 2. The average Bonchev–Trinajstić information content (AvgIpc) is 3.37. The highest BCUT2D eigenvalue weighted by molar-refractivity contribution is 5.96. The van der Waals surface area contributed by atoms with E-state index in [2.05, 4.69) is 40.2 Å². The molecule has 0 bridgehead atoms. The molecule has 1 aromatic carbocycles. The second kappa shape index (κ2) is 7.56. The highest BCUT2D eigenvalue weighted by Crippen LogP contribution is 2.31. The summed E-state index contributed by atoms with van der Waals surface area (Å²) in [6, 6.07) is 12.1. The molecule has 142 valence electrons. The number of hydrogen-bond acceptors (Lipinski definition) is 3. The zero-order chi connectivity index (χ0) is 18.8. The third-order valence-corrected chi connectivity index (χ3v) is 5.57. The molecule has 0 radical (unpaired) electrons. The van der Waals surface area contributed by atoms with Crippen LogP contribution in [0.2, 0.25) is 0 Å². The molecule has 2 saturated heterocycles. The van der Waals surface area contributed by atoms with Gasteiger partial charge in [0.2, 0.25) is 11.8 Å². The lowest BCUT2D eigenvalue weighted by atomic mass is 10.1. The van der Waals surface area contributed by atoms with E-state index in [1.807, 2.05) is 24.3 Å². The predicted molar refractivity (Wildman–Crippen MR) is 106 cm³/mol. The van der Waals surface area contributed by atoms with E-state index < -0.39 is 0 Å². The van der Waals surface area contributed by atoms with Crippen LogP contribution >= 0.6 is 0 Å². The van der Waals surface area contributed by atoms with Gasteiger partial charge in [0.25, 0.3) is 0 Å². The number of aromatic nitrogens is 1. The van der Waals surface area contributed by atoms with E-state index in [1.165, 1.54) is 5.69 Å². The van der Waals surface area contributed by atoms with Crippen LogP contribution < -0.4 is 10.2 Å². The van der Waals surface area contributed by atoms with Crippen LogP contribution in [0.5, 0.6) is 0 Å². The SMILES string of the molecule is Cn1cccc1[C@H]1CCCN1CC(=O)Nc1ccc(N2CCCC2=O)cc1. The molecule has 2 aromatic rings. The number of carbonyl (C=O) groups is 2. The molecule has 0 spiro atoms. The molecular weight excluding hydrogens is 340 g/mol. The Morgan fingerprint density at radius 2 is 1.96 bits per heavy atom. The average molecular weight is 366 g/mol. The maximum absolute atomic E-state index is 12.5. The first-order chi connectivity index (χ1) is 13.1. The zero-order valence-electron chi connectivity index (χ0n) is 15.7. The largest absolute Gasteiger partial charge is 0.353 e. The van der Waals surface area contributed by atoms with Crippen molar-refractivity contribution in [3.05, 3.63) is 48.3 Å². The monoisotopic (exact) mass is 366 g/mol. The van der Waals surface area contributed by atoms with Gasteiger partial charge in [-0.3, -0.25) is 14.5 Å². The Labute approximate surface area is 159 Å². The van der Waals surface area contributed by atoms with Gasteiger partial charge >= 0.3 is 0 Å². The molecule has 0 saturated carbocycles. The summed E-state index contributed by atoms with van der Waals surface area (Å²) in [7, 11) is 2.05. The molecule has 2 fully saturated rings. The second-order valence-corrected chi connectivity index (χ2v) is 7.42. The molecule has 6 heteroatoms. The number of benzene rings is 1. The number of rotatable bonds is 5. The minimum absolute atomic E-state index is 0.00103. The van der Waals surface area contributed by atoms with Gasteiger partial charge in [-0.2, -0.15) is 0 Å². The minimum atomic E-state index is 0.00103. The Balaban J connectivity index is 1.36.